The summed E-state index contributed by atoms with van der Waals surface area (Å²) < 4.78 is 5.80. The lowest BCUT2D eigenvalue weighted by molar-refractivity contribution is 0.0696. The molecule has 3 atom stereocenters. The van der Waals surface area contributed by atoms with Crippen molar-refractivity contribution in [2.24, 2.45) is 17.8 Å². The van der Waals surface area contributed by atoms with Gasteiger partial charge in [0.2, 0.25) is 0 Å². The fraction of sp³-hybridized carbons (Fsp3) is 0.667. The van der Waals surface area contributed by atoms with Crippen molar-refractivity contribution in [2.45, 2.75) is 66.7 Å². The van der Waals surface area contributed by atoms with E-state index in [1.165, 1.54) is 25.7 Å². The minimum Gasteiger partial charge on any atom is -0.494 e. The highest BCUT2D eigenvalue weighted by molar-refractivity contribution is 5.89. The van der Waals surface area contributed by atoms with E-state index in [-0.39, 0.29) is 0 Å². The van der Waals surface area contributed by atoms with E-state index in [9.17, 15) is 4.79 Å². The molecule has 0 bridgehead atoms. The van der Waals surface area contributed by atoms with Crippen LogP contribution in [0.3, 0.4) is 0 Å². The van der Waals surface area contributed by atoms with Gasteiger partial charge in [0.15, 0.2) is 0 Å². The van der Waals surface area contributed by atoms with Crippen molar-refractivity contribution in [3.63, 3.8) is 0 Å². The van der Waals surface area contributed by atoms with Gasteiger partial charge in [0.05, 0.1) is 12.2 Å². The number of carboxylic acids is 1. The second-order valence-electron chi connectivity index (χ2n) is 7.46. The first-order valence-electron chi connectivity index (χ1n) is 9.30. The molecule has 0 aliphatic heterocycles. The van der Waals surface area contributed by atoms with Crippen LogP contribution in [-0.4, -0.2) is 17.7 Å². The Morgan fingerprint density at radius 2 is 1.71 bits per heavy atom. The second kappa shape index (κ2) is 10.4. The van der Waals surface area contributed by atoms with E-state index in [0.717, 1.165) is 29.6 Å². The Morgan fingerprint density at radius 3 is 2.29 bits per heavy atom. The molecule has 0 saturated heterocycles. The number of aromatic carboxylic acids is 1. The average Bonchev–Trinajstić information content (AvgIpc) is 2.52. The lowest BCUT2D eigenvalue weighted by Gasteiger charge is -2.19. The lowest BCUT2D eigenvalue weighted by atomic mass is 9.89. The van der Waals surface area contributed by atoms with E-state index in [4.69, 9.17) is 9.84 Å². The van der Waals surface area contributed by atoms with Gasteiger partial charge in [-0.1, -0.05) is 47.0 Å². The third-order valence-electron chi connectivity index (χ3n) is 4.96. The quantitative estimate of drug-likeness (QED) is 0.544. The molecular formula is C21H34O3. The third-order valence-corrected chi connectivity index (χ3v) is 4.96. The Balaban J connectivity index is 2.31. The monoisotopic (exact) mass is 334 g/mol. The van der Waals surface area contributed by atoms with Crippen LogP contribution >= 0.6 is 0 Å². The zero-order valence-electron chi connectivity index (χ0n) is 16.0. The maximum absolute atomic E-state index is 11.0. The van der Waals surface area contributed by atoms with Gasteiger partial charge in [-0.15, -0.1) is 0 Å². The number of aryl methyl sites for hydroxylation is 1. The molecule has 0 amide bonds. The van der Waals surface area contributed by atoms with E-state index in [0.29, 0.717) is 18.1 Å². The molecule has 0 spiro atoms. The number of benzene rings is 1. The smallest absolute Gasteiger partial charge is 0.335 e. The molecule has 0 aliphatic carbocycles. The van der Waals surface area contributed by atoms with Crippen molar-refractivity contribution in [3.8, 4) is 5.75 Å². The van der Waals surface area contributed by atoms with Crippen molar-refractivity contribution in [1.82, 2.24) is 0 Å². The molecular weight excluding hydrogens is 300 g/mol. The fourth-order valence-corrected chi connectivity index (χ4v) is 3.04. The van der Waals surface area contributed by atoms with Gasteiger partial charge in [-0.3, -0.25) is 0 Å². The highest BCUT2D eigenvalue weighted by Crippen LogP contribution is 2.23. The van der Waals surface area contributed by atoms with Gasteiger partial charge in [-0.05, 0) is 61.3 Å². The molecule has 1 aromatic carbocycles. The molecule has 0 fully saturated rings. The standard InChI is InChI=1S/C21H34O3/c1-6-15(2)7-8-16(3)13-17(4)11-12-24-19-9-10-20(21(22)23)18(5)14-19/h9-10,14-17H,6-8,11-13H2,1-5H3,(H,22,23). The first-order valence-corrected chi connectivity index (χ1v) is 9.30. The molecule has 0 aliphatic rings. The van der Waals surface area contributed by atoms with Crippen molar-refractivity contribution in [2.75, 3.05) is 6.61 Å². The Morgan fingerprint density at radius 1 is 1.08 bits per heavy atom. The fourth-order valence-electron chi connectivity index (χ4n) is 3.04. The van der Waals surface area contributed by atoms with Crippen LogP contribution in [0.25, 0.3) is 0 Å². The molecule has 3 nitrogen and oxygen atoms in total. The van der Waals surface area contributed by atoms with Gasteiger partial charge < -0.3 is 9.84 Å². The summed E-state index contributed by atoms with van der Waals surface area (Å²) in [7, 11) is 0. The first-order chi connectivity index (χ1) is 11.3. The second-order valence-corrected chi connectivity index (χ2v) is 7.46. The van der Waals surface area contributed by atoms with Crippen LogP contribution in [-0.2, 0) is 0 Å². The van der Waals surface area contributed by atoms with Crippen LogP contribution in [0.4, 0.5) is 0 Å². The van der Waals surface area contributed by atoms with Crippen molar-refractivity contribution < 1.29 is 14.6 Å². The van der Waals surface area contributed by atoms with E-state index >= 15 is 0 Å². The van der Waals surface area contributed by atoms with E-state index in [1.807, 2.05) is 6.07 Å². The Bertz CT molecular complexity index is 510. The molecule has 0 heterocycles. The predicted molar refractivity (Wildman–Crippen MR) is 99.9 cm³/mol. The number of carbonyl (C=O) groups is 1. The van der Waals surface area contributed by atoms with Crippen LogP contribution < -0.4 is 4.74 Å². The zero-order valence-corrected chi connectivity index (χ0v) is 16.0. The number of carboxylic acid groups (broad SMARTS) is 1. The average molecular weight is 335 g/mol. The van der Waals surface area contributed by atoms with Crippen LogP contribution in [0.2, 0.25) is 0 Å². The predicted octanol–water partition coefficient (Wildman–Crippen LogP) is 5.95. The molecule has 0 saturated carbocycles. The van der Waals surface area contributed by atoms with Gasteiger partial charge >= 0.3 is 5.97 Å². The maximum Gasteiger partial charge on any atom is 0.335 e. The number of hydrogen-bond acceptors (Lipinski definition) is 2. The lowest BCUT2D eigenvalue weighted by Crippen LogP contribution is -2.09. The molecule has 1 rings (SSSR count). The van der Waals surface area contributed by atoms with Gasteiger partial charge in [-0.2, -0.15) is 0 Å². The summed E-state index contributed by atoms with van der Waals surface area (Å²) in [4.78, 5) is 11.0. The van der Waals surface area contributed by atoms with Crippen LogP contribution in [0, 0.1) is 24.7 Å². The summed E-state index contributed by atoms with van der Waals surface area (Å²) in [6.45, 7) is 11.7. The SMILES string of the molecule is CCC(C)CCC(C)CC(C)CCOc1ccc(C(=O)O)c(C)c1. The van der Waals surface area contributed by atoms with E-state index in [1.54, 1.807) is 19.1 Å². The van der Waals surface area contributed by atoms with Crippen LogP contribution in [0.5, 0.6) is 5.75 Å². The summed E-state index contributed by atoms with van der Waals surface area (Å²) >= 11 is 0. The molecule has 3 heteroatoms. The highest BCUT2D eigenvalue weighted by atomic mass is 16.5. The molecule has 0 aromatic heterocycles. The van der Waals surface area contributed by atoms with Gasteiger partial charge in [-0.25, -0.2) is 4.79 Å². The molecule has 1 aromatic rings. The van der Waals surface area contributed by atoms with Crippen molar-refractivity contribution >= 4 is 5.97 Å². The normalized spacial score (nSPS) is 14.9. The van der Waals surface area contributed by atoms with Crippen molar-refractivity contribution in [1.29, 1.82) is 0 Å². The molecule has 3 unspecified atom stereocenters. The molecule has 24 heavy (non-hydrogen) atoms. The number of hydrogen-bond donors (Lipinski definition) is 1. The Kier molecular flexibility index (Phi) is 8.88. The summed E-state index contributed by atoms with van der Waals surface area (Å²) in [6, 6.07) is 5.17. The third kappa shape index (κ3) is 7.37. The van der Waals surface area contributed by atoms with Gasteiger partial charge in [0.1, 0.15) is 5.75 Å². The molecule has 0 radical (unpaired) electrons. The van der Waals surface area contributed by atoms with Gasteiger partial charge in [0.25, 0.3) is 0 Å². The summed E-state index contributed by atoms with van der Waals surface area (Å²) in [5, 5.41) is 9.04. The number of ether oxygens (including phenoxy) is 1. The zero-order chi connectivity index (χ0) is 18.1. The summed E-state index contributed by atoms with van der Waals surface area (Å²) in [5.41, 5.74) is 1.08. The van der Waals surface area contributed by atoms with Crippen molar-refractivity contribution in [3.05, 3.63) is 29.3 Å². The molecule has 136 valence electrons. The Labute approximate surface area is 147 Å². The minimum absolute atomic E-state index is 0.339. The first kappa shape index (κ1) is 20.5. The van der Waals surface area contributed by atoms with Gasteiger partial charge in [0, 0.05) is 0 Å². The highest BCUT2D eigenvalue weighted by Gasteiger charge is 2.11. The summed E-state index contributed by atoms with van der Waals surface area (Å²) in [5.74, 6) is 2.12. The number of rotatable bonds is 11. The molecule has 1 N–H and O–H groups in total. The Hall–Kier alpha value is -1.51. The van der Waals surface area contributed by atoms with E-state index < -0.39 is 5.97 Å². The van der Waals surface area contributed by atoms with Crippen LogP contribution in [0.15, 0.2) is 18.2 Å². The van der Waals surface area contributed by atoms with E-state index in [2.05, 4.69) is 27.7 Å². The minimum atomic E-state index is -0.890. The largest absolute Gasteiger partial charge is 0.494 e. The summed E-state index contributed by atoms with van der Waals surface area (Å²) in [6.07, 6.45) is 6.20. The van der Waals surface area contributed by atoms with Crippen LogP contribution in [0.1, 0.15) is 75.7 Å². The topological polar surface area (TPSA) is 46.5 Å². The maximum atomic E-state index is 11.0.